The van der Waals surface area contributed by atoms with E-state index >= 15 is 0 Å². The number of nitrogens with two attached hydrogens (primary N) is 1. The summed E-state index contributed by atoms with van der Waals surface area (Å²) in [5, 5.41) is 35.2. The Morgan fingerprint density at radius 2 is 0.988 bits per heavy atom. The first kappa shape index (κ1) is 60.8. The number of carbonyl (C=O) groups excluding carboxylic acids is 6. The van der Waals surface area contributed by atoms with Crippen LogP contribution in [0.15, 0.2) is 97.1 Å². The van der Waals surface area contributed by atoms with Gasteiger partial charge in [0.25, 0.3) is 0 Å². The molecule has 8 rings (SSSR count). The molecule has 2 heterocycles. The first-order valence-corrected chi connectivity index (χ1v) is 28.5. The summed E-state index contributed by atoms with van der Waals surface area (Å²) < 4.78 is 12.5. The van der Waals surface area contributed by atoms with Crippen LogP contribution in [0.4, 0.5) is 0 Å². The van der Waals surface area contributed by atoms with Crippen LogP contribution in [0.2, 0.25) is 0 Å². The van der Waals surface area contributed by atoms with E-state index in [2.05, 4.69) is 38.0 Å². The van der Waals surface area contributed by atoms with Crippen LogP contribution in [0.1, 0.15) is 99.6 Å². The number of nitriles is 1. The average molecular weight is 1110 g/mol. The number of aryl methyl sites for hydroxylation is 2. The second-order valence-corrected chi connectivity index (χ2v) is 22.0. The molecule has 2 aliphatic carbocycles. The number of ether oxygens (including phenoxy) is 2. The highest BCUT2D eigenvalue weighted by Gasteiger charge is 2.41. The number of amidine groups is 1. The van der Waals surface area contributed by atoms with Crippen LogP contribution in [0.3, 0.4) is 0 Å². The molecular weight excluding hydrogens is 1030 g/mol. The van der Waals surface area contributed by atoms with Crippen LogP contribution in [-0.2, 0) is 54.5 Å². The summed E-state index contributed by atoms with van der Waals surface area (Å²) >= 11 is 0. The summed E-state index contributed by atoms with van der Waals surface area (Å²) in [4.78, 5) is 83.3. The van der Waals surface area contributed by atoms with Crippen LogP contribution in [0.25, 0.3) is 0 Å². The van der Waals surface area contributed by atoms with Gasteiger partial charge in [-0.05, 0) is 137 Å². The van der Waals surface area contributed by atoms with E-state index in [1.54, 1.807) is 76.5 Å². The Morgan fingerprint density at radius 3 is 1.37 bits per heavy atom. The molecule has 6 amide bonds. The second kappa shape index (κ2) is 29.1. The fraction of sp³-hybridized carbons (Fsp3) is 0.484. The molecule has 2 fully saturated rings. The predicted octanol–water partition coefficient (Wildman–Crippen LogP) is 4.07. The van der Waals surface area contributed by atoms with Gasteiger partial charge < -0.3 is 56.9 Å². The Hall–Kier alpha value is -7.82. The van der Waals surface area contributed by atoms with Crippen molar-refractivity contribution in [2.45, 2.75) is 140 Å². The van der Waals surface area contributed by atoms with Crippen molar-refractivity contribution in [3.8, 4) is 17.6 Å². The number of nitrogen functional groups attached to an aromatic ring is 1. The van der Waals surface area contributed by atoms with E-state index in [9.17, 15) is 28.8 Å². The summed E-state index contributed by atoms with van der Waals surface area (Å²) in [5.41, 5.74) is 10.4. The maximum absolute atomic E-state index is 13.5. The number of hydrogen-bond donors (Lipinski definition) is 8. The van der Waals surface area contributed by atoms with Crippen LogP contribution in [0, 0.1) is 28.6 Å². The predicted molar refractivity (Wildman–Crippen MR) is 309 cm³/mol. The first-order chi connectivity index (χ1) is 38.9. The van der Waals surface area contributed by atoms with Gasteiger partial charge in [-0.3, -0.25) is 34.2 Å². The molecule has 4 aliphatic rings. The summed E-state index contributed by atoms with van der Waals surface area (Å²) in [7, 11) is 3.27. The molecule has 0 bridgehead atoms. The fourth-order valence-corrected chi connectivity index (χ4v) is 9.93. The van der Waals surface area contributed by atoms with Gasteiger partial charge in [-0.15, -0.1) is 0 Å². The van der Waals surface area contributed by atoms with E-state index in [0.29, 0.717) is 63.0 Å². The lowest BCUT2D eigenvalue weighted by Crippen LogP contribution is -2.57. The van der Waals surface area contributed by atoms with Gasteiger partial charge in [-0.25, -0.2) is 0 Å². The molecule has 2 aliphatic heterocycles. The molecule has 2 saturated carbocycles. The van der Waals surface area contributed by atoms with E-state index in [-0.39, 0.29) is 66.3 Å². The zero-order valence-corrected chi connectivity index (χ0v) is 47.6. The minimum atomic E-state index is -0.843. The molecule has 0 saturated heterocycles. The molecule has 4 aromatic carbocycles. The molecular formula is C62H81N11O8. The third kappa shape index (κ3) is 17.6. The van der Waals surface area contributed by atoms with Crippen LogP contribution in [-0.4, -0.2) is 140 Å². The SMILES string of the molecule is C[C@@H]1CN[C@@H](C2CC2)C(=O)N(C)[C@H](C)C(=O)N[C@H](Cc2ccc(C#N)cc2)C(=O)NCCCc2ccccc2O1.C[C@@H]1CN[C@@H](C2CC2)C(=O)N(C)[C@H](C)C(=O)N[C@H](Cc2ccc(C(=N)N)cc2)C(=O)NCCCc2ccccc2O1. The van der Waals surface area contributed by atoms with Crippen LogP contribution >= 0.6 is 0 Å². The molecule has 0 aromatic heterocycles. The number of rotatable bonds is 7. The molecule has 0 radical (unpaired) electrons. The van der Waals surface area contributed by atoms with Crippen LogP contribution in [0.5, 0.6) is 11.5 Å². The molecule has 432 valence electrons. The molecule has 4 aromatic rings. The van der Waals surface area contributed by atoms with Crippen molar-refractivity contribution in [2.24, 2.45) is 17.6 Å². The molecule has 8 atom stereocenters. The van der Waals surface area contributed by atoms with Crippen molar-refractivity contribution in [1.82, 2.24) is 41.7 Å². The molecule has 9 N–H and O–H groups in total. The Labute approximate surface area is 476 Å². The summed E-state index contributed by atoms with van der Waals surface area (Å²) in [6, 6.07) is 27.8. The van der Waals surface area contributed by atoms with E-state index in [1.165, 1.54) is 9.80 Å². The number of nitrogens with one attached hydrogen (secondary N) is 7. The van der Waals surface area contributed by atoms with E-state index in [1.807, 2.05) is 62.4 Å². The molecule has 81 heavy (non-hydrogen) atoms. The Bertz CT molecular complexity index is 2870. The number of para-hydroxylation sites is 2. The number of amides is 6. The third-order valence-electron chi connectivity index (χ3n) is 15.5. The number of likely N-dealkylation sites (N-methyl/N-ethyl adjacent to an activating group) is 2. The zero-order valence-electron chi connectivity index (χ0n) is 47.6. The highest BCUT2D eigenvalue weighted by molar-refractivity contribution is 5.96. The van der Waals surface area contributed by atoms with Crippen molar-refractivity contribution in [3.05, 3.63) is 130 Å². The lowest BCUT2D eigenvalue weighted by atomic mass is 10.0. The number of hydrogen-bond acceptors (Lipinski definition) is 12. The van der Waals surface area contributed by atoms with Crippen molar-refractivity contribution < 1.29 is 38.2 Å². The van der Waals surface area contributed by atoms with Crippen molar-refractivity contribution in [1.29, 1.82) is 10.7 Å². The van der Waals surface area contributed by atoms with Gasteiger partial charge in [0, 0.05) is 58.7 Å². The summed E-state index contributed by atoms with van der Waals surface area (Å²) in [5.74, 6) is 0.323. The average Bonchev–Trinajstić information content (AvgIpc) is 4.55. The van der Waals surface area contributed by atoms with Crippen molar-refractivity contribution in [3.63, 3.8) is 0 Å². The minimum absolute atomic E-state index is 0.0410. The van der Waals surface area contributed by atoms with Gasteiger partial charge in [0.1, 0.15) is 53.7 Å². The smallest absolute Gasteiger partial charge is 0.243 e. The first-order valence-electron chi connectivity index (χ1n) is 28.5. The van der Waals surface area contributed by atoms with Gasteiger partial charge in [0.2, 0.25) is 35.4 Å². The molecule has 0 unspecified atom stereocenters. The number of nitrogens with zero attached hydrogens (tertiary/aromatic N) is 3. The Balaban J connectivity index is 0.000000234. The van der Waals surface area contributed by atoms with Gasteiger partial charge in [0.05, 0.1) is 23.7 Å². The highest BCUT2D eigenvalue weighted by Crippen LogP contribution is 2.35. The Morgan fingerprint density at radius 1 is 0.593 bits per heavy atom. The van der Waals surface area contributed by atoms with E-state index < -0.39 is 48.1 Å². The van der Waals surface area contributed by atoms with E-state index in [0.717, 1.165) is 59.4 Å². The minimum Gasteiger partial charge on any atom is -0.489 e. The zero-order chi connectivity index (χ0) is 58.2. The van der Waals surface area contributed by atoms with E-state index in [4.69, 9.17) is 25.9 Å². The fourth-order valence-electron chi connectivity index (χ4n) is 9.93. The van der Waals surface area contributed by atoms with Crippen molar-refractivity contribution >= 4 is 41.3 Å². The van der Waals surface area contributed by atoms with Crippen LogP contribution < -0.4 is 47.1 Å². The standard InChI is InChI=1S/C31H42N6O4.C31H39N5O4/c1-19-18-35-27(23-14-15-23)31(40)37(3)20(2)29(38)36-25(17-21-10-12-24(13-11-21)28(32)33)30(39)34-16-6-8-22-7-4-5-9-26(22)41-19;1-20-19-34-28(25-14-15-25)31(39)36(3)21(2)29(37)35-26(17-22-10-12-23(18-32)13-11-22)30(38)33-16-6-8-24-7-4-5-9-27(24)40-20/h4-5,7,9-13,19-20,23,25,27,35H,6,8,14-18H2,1-3H3,(H3,32,33)(H,34,39)(H,36,38);4-5,7,9-13,20-21,25-26,28,34H,6,8,14-17,19H2,1-3H3,(H,33,38)(H,35,37)/t19-,20-,25-,27+;20-,21-,26-,28+/m11/s1. The third-order valence-corrected chi connectivity index (χ3v) is 15.5. The summed E-state index contributed by atoms with van der Waals surface area (Å²) in [6.45, 7) is 9.16. The lowest BCUT2D eigenvalue weighted by Gasteiger charge is -2.31. The molecule has 19 heteroatoms. The monoisotopic (exact) mass is 1110 g/mol. The van der Waals surface area contributed by atoms with Crippen molar-refractivity contribution in [2.75, 3.05) is 40.3 Å². The van der Waals surface area contributed by atoms with Gasteiger partial charge >= 0.3 is 0 Å². The Kier molecular flexibility index (Phi) is 21.8. The summed E-state index contributed by atoms with van der Waals surface area (Å²) in [6.07, 6.45) is 6.85. The second-order valence-electron chi connectivity index (χ2n) is 22.0. The van der Waals surface area contributed by atoms with Gasteiger partial charge in [-0.1, -0.05) is 72.8 Å². The number of fused-ring (bicyclic) bond motifs is 2. The lowest BCUT2D eigenvalue weighted by molar-refractivity contribution is -0.141. The van der Waals surface area contributed by atoms with Gasteiger partial charge in [-0.2, -0.15) is 5.26 Å². The maximum atomic E-state index is 13.5. The maximum Gasteiger partial charge on any atom is 0.243 e. The topological polar surface area (TPSA) is 273 Å². The largest absolute Gasteiger partial charge is 0.489 e. The quantitative estimate of drug-likeness (QED) is 0.0962. The number of benzene rings is 4. The normalized spacial score (nSPS) is 25.2. The molecule has 0 spiro atoms. The molecule has 19 nitrogen and oxygen atoms in total. The number of carbonyl (C=O) groups is 6. The highest BCUT2D eigenvalue weighted by atomic mass is 16.5. The van der Waals surface area contributed by atoms with Gasteiger partial charge in [0.15, 0.2) is 0 Å².